The van der Waals surface area contributed by atoms with Gasteiger partial charge in [-0.1, -0.05) is 36.4 Å². The quantitative estimate of drug-likeness (QED) is 0.371. The van der Waals surface area contributed by atoms with Crippen LogP contribution in [0.3, 0.4) is 0 Å². The molecule has 1 amide bonds. The molecule has 2 aromatic carbocycles. The Bertz CT molecular complexity index is 913. The van der Waals surface area contributed by atoms with E-state index in [9.17, 15) is 9.18 Å². The van der Waals surface area contributed by atoms with Crippen LogP contribution in [0, 0.1) is 5.82 Å². The highest BCUT2D eigenvalue weighted by atomic mass is 127. The van der Waals surface area contributed by atoms with E-state index >= 15 is 0 Å². The van der Waals surface area contributed by atoms with E-state index < -0.39 is 0 Å². The summed E-state index contributed by atoms with van der Waals surface area (Å²) in [6.45, 7) is 1.47. The molecule has 0 spiro atoms. The lowest BCUT2D eigenvalue weighted by Gasteiger charge is -2.21. The molecule has 1 fully saturated rings. The molecule has 154 valence electrons. The first kappa shape index (κ1) is 21.5. The monoisotopic (exact) mass is 508 g/mol. The van der Waals surface area contributed by atoms with Crippen LogP contribution in [0.25, 0.3) is 0 Å². The molecular formula is C22H26FIN4O. The van der Waals surface area contributed by atoms with Crippen LogP contribution in [-0.4, -0.2) is 38.5 Å². The number of aliphatic imine (C=N–C) groups is 1. The summed E-state index contributed by atoms with van der Waals surface area (Å²) >= 11 is 0. The molecule has 0 bridgehead atoms. The SMILES string of the molecule is CN=C(NCC(=O)N1CCc2ccccc21)NCC1(c2ccccc2F)CC1.I. The molecule has 1 aliphatic carbocycles. The van der Waals surface area contributed by atoms with Crippen LogP contribution in [0.4, 0.5) is 10.1 Å². The van der Waals surface area contributed by atoms with Crippen molar-refractivity contribution in [2.24, 2.45) is 4.99 Å². The maximum absolute atomic E-state index is 14.2. The van der Waals surface area contributed by atoms with E-state index in [-0.39, 0.29) is 47.7 Å². The predicted molar refractivity (Wildman–Crippen MR) is 125 cm³/mol. The number of carbonyl (C=O) groups is 1. The summed E-state index contributed by atoms with van der Waals surface area (Å²) in [6, 6.07) is 15.0. The first-order valence-corrected chi connectivity index (χ1v) is 9.71. The van der Waals surface area contributed by atoms with Crippen molar-refractivity contribution in [3.8, 4) is 0 Å². The largest absolute Gasteiger partial charge is 0.356 e. The molecule has 2 N–H and O–H groups in total. The molecule has 1 saturated carbocycles. The highest BCUT2D eigenvalue weighted by Gasteiger charge is 2.45. The fraction of sp³-hybridized carbons (Fsp3) is 0.364. The van der Waals surface area contributed by atoms with Gasteiger partial charge < -0.3 is 15.5 Å². The highest BCUT2D eigenvalue weighted by molar-refractivity contribution is 14.0. The van der Waals surface area contributed by atoms with E-state index in [0.29, 0.717) is 19.0 Å². The number of anilines is 1. The number of para-hydroxylation sites is 1. The van der Waals surface area contributed by atoms with E-state index in [1.165, 1.54) is 11.6 Å². The van der Waals surface area contributed by atoms with Crippen molar-refractivity contribution in [3.63, 3.8) is 0 Å². The topological polar surface area (TPSA) is 56.7 Å². The number of hydrogen-bond donors (Lipinski definition) is 2. The van der Waals surface area contributed by atoms with Gasteiger partial charge in [0.05, 0.1) is 6.54 Å². The molecule has 7 heteroatoms. The third kappa shape index (κ3) is 4.55. The second-order valence-corrected chi connectivity index (χ2v) is 7.46. The van der Waals surface area contributed by atoms with Crippen molar-refractivity contribution < 1.29 is 9.18 Å². The van der Waals surface area contributed by atoms with Crippen molar-refractivity contribution in [1.29, 1.82) is 0 Å². The van der Waals surface area contributed by atoms with Gasteiger partial charge in [-0.2, -0.15) is 0 Å². The van der Waals surface area contributed by atoms with Gasteiger partial charge in [0.15, 0.2) is 5.96 Å². The van der Waals surface area contributed by atoms with Crippen molar-refractivity contribution in [1.82, 2.24) is 10.6 Å². The van der Waals surface area contributed by atoms with E-state index in [2.05, 4.69) is 21.7 Å². The Labute approximate surface area is 187 Å². The van der Waals surface area contributed by atoms with Crippen molar-refractivity contribution in [2.75, 3.05) is 31.6 Å². The van der Waals surface area contributed by atoms with Gasteiger partial charge in [-0.15, -0.1) is 24.0 Å². The lowest BCUT2D eigenvalue weighted by atomic mass is 9.95. The normalized spacial score (nSPS) is 16.6. The Hall–Kier alpha value is -2.16. The van der Waals surface area contributed by atoms with Crippen LogP contribution in [0.2, 0.25) is 0 Å². The summed E-state index contributed by atoms with van der Waals surface area (Å²) < 4.78 is 14.2. The Balaban J connectivity index is 0.00000240. The van der Waals surface area contributed by atoms with Gasteiger partial charge >= 0.3 is 0 Å². The number of nitrogens with one attached hydrogen (secondary N) is 2. The zero-order valence-corrected chi connectivity index (χ0v) is 18.8. The van der Waals surface area contributed by atoms with Crippen molar-refractivity contribution in [2.45, 2.75) is 24.7 Å². The van der Waals surface area contributed by atoms with Crippen LogP contribution >= 0.6 is 24.0 Å². The Morgan fingerprint density at radius 3 is 2.59 bits per heavy atom. The summed E-state index contributed by atoms with van der Waals surface area (Å²) in [5, 5.41) is 6.36. The molecule has 0 radical (unpaired) electrons. The Morgan fingerprint density at radius 1 is 1.14 bits per heavy atom. The molecule has 29 heavy (non-hydrogen) atoms. The number of fused-ring (bicyclic) bond motifs is 1. The first-order valence-electron chi connectivity index (χ1n) is 9.71. The number of carbonyl (C=O) groups excluding carboxylic acids is 1. The van der Waals surface area contributed by atoms with Gasteiger partial charge in [-0.3, -0.25) is 9.79 Å². The fourth-order valence-electron chi connectivity index (χ4n) is 3.91. The molecule has 1 heterocycles. The van der Waals surface area contributed by atoms with Crippen LogP contribution in [0.1, 0.15) is 24.0 Å². The molecule has 0 atom stereocenters. The fourth-order valence-corrected chi connectivity index (χ4v) is 3.91. The van der Waals surface area contributed by atoms with Gasteiger partial charge in [-0.25, -0.2) is 4.39 Å². The minimum Gasteiger partial charge on any atom is -0.356 e. The molecule has 2 aliphatic rings. The molecule has 1 aliphatic heterocycles. The second-order valence-electron chi connectivity index (χ2n) is 7.46. The number of halogens is 2. The van der Waals surface area contributed by atoms with Gasteiger partial charge in [0.2, 0.25) is 5.91 Å². The number of nitrogens with zero attached hydrogens (tertiary/aromatic N) is 2. The third-order valence-electron chi connectivity index (χ3n) is 5.71. The minimum atomic E-state index is -0.180. The third-order valence-corrected chi connectivity index (χ3v) is 5.71. The molecule has 0 unspecified atom stereocenters. The van der Waals surface area contributed by atoms with E-state index in [1.54, 1.807) is 13.1 Å². The van der Waals surface area contributed by atoms with Gasteiger partial charge in [-0.05, 0) is 42.5 Å². The molecule has 2 aromatic rings. The van der Waals surface area contributed by atoms with Crippen LogP contribution < -0.4 is 15.5 Å². The van der Waals surface area contributed by atoms with Crippen molar-refractivity contribution >= 4 is 41.5 Å². The second kappa shape index (κ2) is 9.11. The number of hydrogen-bond acceptors (Lipinski definition) is 2. The Kier molecular flexibility index (Phi) is 6.77. The standard InChI is InChI=1S/C22H25FN4O.HI/c1-24-21(26-15-22(11-12-22)17-7-3-4-8-18(17)23)25-14-20(28)27-13-10-16-6-2-5-9-19(16)27;/h2-9H,10-15H2,1H3,(H2,24,25,26);1H. The summed E-state index contributed by atoms with van der Waals surface area (Å²) in [4.78, 5) is 18.7. The molecule has 0 saturated heterocycles. The lowest BCUT2D eigenvalue weighted by molar-refractivity contribution is -0.117. The summed E-state index contributed by atoms with van der Waals surface area (Å²) in [6.07, 6.45) is 2.78. The number of rotatable bonds is 5. The van der Waals surface area contributed by atoms with Crippen LogP contribution in [0.5, 0.6) is 0 Å². The number of amides is 1. The Morgan fingerprint density at radius 2 is 1.86 bits per heavy atom. The van der Waals surface area contributed by atoms with E-state index in [0.717, 1.165) is 30.5 Å². The van der Waals surface area contributed by atoms with E-state index in [1.807, 2.05) is 35.2 Å². The molecule has 4 rings (SSSR count). The zero-order valence-electron chi connectivity index (χ0n) is 16.5. The maximum Gasteiger partial charge on any atom is 0.246 e. The zero-order chi connectivity index (χ0) is 19.6. The summed E-state index contributed by atoms with van der Waals surface area (Å²) in [7, 11) is 1.67. The molecule has 0 aromatic heterocycles. The average Bonchev–Trinajstić information content (AvgIpc) is 3.38. The number of benzene rings is 2. The van der Waals surface area contributed by atoms with Crippen LogP contribution in [0.15, 0.2) is 53.5 Å². The minimum absolute atomic E-state index is 0. The van der Waals surface area contributed by atoms with Gasteiger partial charge in [0, 0.05) is 31.2 Å². The van der Waals surface area contributed by atoms with Gasteiger partial charge in [0.25, 0.3) is 0 Å². The maximum atomic E-state index is 14.2. The lowest BCUT2D eigenvalue weighted by Crippen LogP contribution is -2.46. The average molecular weight is 508 g/mol. The van der Waals surface area contributed by atoms with E-state index in [4.69, 9.17) is 0 Å². The summed E-state index contributed by atoms with van der Waals surface area (Å²) in [5.74, 6) is 0.416. The molecule has 5 nitrogen and oxygen atoms in total. The highest BCUT2D eigenvalue weighted by Crippen LogP contribution is 2.48. The van der Waals surface area contributed by atoms with Crippen molar-refractivity contribution in [3.05, 3.63) is 65.5 Å². The number of guanidine groups is 1. The molecular weight excluding hydrogens is 482 g/mol. The summed E-state index contributed by atoms with van der Waals surface area (Å²) in [5.41, 5.74) is 2.77. The first-order chi connectivity index (χ1) is 13.6. The van der Waals surface area contributed by atoms with Crippen LogP contribution in [-0.2, 0) is 16.6 Å². The van der Waals surface area contributed by atoms with Gasteiger partial charge in [0.1, 0.15) is 5.82 Å². The predicted octanol–water partition coefficient (Wildman–Crippen LogP) is 3.23. The smallest absolute Gasteiger partial charge is 0.246 e.